The molecule has 0 spiro atoms. The van der Waals surface area contributed by atoms with Crippen molar-refractivity contribution in [1.82, 2.24) is 20.2 Å². The Labute approximate surface area is 204 Å². The van der Waals surface area contributed by atoms with Gasteiger partial charge >= 0.3 is 0 Å². The summed E-state index contributed by atoms with van der Waals surface area (Å²) in [6.07, 6.45) is 15.8. The predicted molar refractivity (Wildman–Crippen MR) is 139 cm³/mol. The molecule has 0 aliphatic heterocycles. The van der Waals surface area contributed by atoms with Gasteiger partial charge in [0, 0.05) is 38.6 Å². The van der Waals surface area contributed by atoms with Crippen molar-refractivity contribution in [2.45, 2.75) is 51.1 Å². The van der Waals surface area contributed by atoms with E-state index < -0.39 is 0 Å². The van der Waals surface area contributed by atoms with Gasteiger partial charge in [0.15, 0.2) is 0 Å². The van der Waals surface area contributed by atoms with Gasteiger partial charge in [0.05, 0.1) is 17.4 Å². The van der Waals surface area contributed by atoms with Crippen molar-refractivity contribution in [3.63, 3.8) is 0 Å². The van der Waals surface area contributed by atoms with Crippen LogP contribution in [-0.2, 0) is 25.8 Å². The molecule has 2 aliphatic rings. The number of nitrogens with zero attached hydrogens (tertiary/aromatic N) is 3. The SMILES string of the molecule is C(=C\CN(C[C@@H]1CCc2ccccc2C1)[C@H]1CCCc2cccnc21)/CNCc1ccccn1. The highest BCUT2D eigenvalue weighted by atomic mass is 15.2. The number of pyridine rings is 2. The van der Waals surface area contributed by atoms with E-state index >= 15 is 0 Å². The fourth-order valence-electron chi connectivity index (χ4n) is 5.61. The van der Waals surface area contributed by atoms with Crippen molar-refractivity contribution >= 4 is 0 Å². The normalized spacial score (nSPS) is 19.8. The highest BCUT2D eigenvalue weighted by Gasteiger charge is 2.29. The van der Waals surface area contributed by atoms with E-state index in [1.807, 2.05) is 24.5 Å². The molecule has 0 saturated heterocycles. The lowest BCUT2D eigenvalue weighted by Gasteiger charge is -2.37. The summed E-state index contributed by atoms with van der Waals surface area (Å²) in [4.78, 5) is 12.0. The topological polar surface area (TPSA) is 41.1 Å². The van der Waals surface area contributed by atoms with Crippen molar-refractivity contribution in [2.75, 3.05) is 19.6 Å². The molecule has 176 valence electrons. The van der Waals surface area contributed by atoms with Crippen LogP contribution in [0.15, 0.2) is 79.1 Å². The van der Waals surface area contributed by atoms with Gasteiger partial charge in [-0.1, -0.05) is 48.6 Å². The maximum Gasteiger partial charge on any atom is 0.0607 e. The second-order valence-corrected chi connectivity index (χ2v) is 9.71. The van der Waals surface area contributed by atoms with E-state index in [0.717, 1.165) is 38.3 Å². The van der Waals surface area contributed by atoms with E-state index in [2.05, 4.69) is 69.8 Å². The summed E-state index contributed by atoms with van der Waals surface area (Å²) in [5.74, 6) is 0.708. The summed E-state index contributed by atoms with van der Waals surface area (Å²) < 4.78 is 0. The average Bonchev–Trinajstić information content (AvgIpc) is 2.90. The second kappa shape index (κ2) is 11.5. The van der Waals surface area contributed by atoms with Gasteiger partial charge in [0.2, 0.25) is 0 Å². The van der Waals surface area contributed by atoms with Crippen LogP contribution in [0.3, 0.4) is 0 Å². The highest BCUT2D eigenvalue weighted by Crippen LogP contribution is 2.35. The summed E-state index contributed by atoms with van der Waals surface area (Å²) in [7, 11) is 0. The van der Waals surface area contributed by atoms with Gasteiger partial charge < -0.3 is 5.32 Å². The lowest BCUT2D eigenvalue weighted by Crippen LogP contribution is -2.37. The fraction of sp³-hybridized carbons (Fsp3) is 0.400. The zero-order chi connectivity index (χ0) is 23.0. The van der Waals surface area contributed by atoms with Gasteiger partial charge in [-0.15, -0.1) is 0 Å². The number of aryl methyl sites for hydroxylation is 2. The third kappa shape index (κ3) is 5.81. The van der Waals surface area contributed by atoms with Gasteiger partial charge in [-0.2, -0.15) is 0 Å². The summed E-state index contributed by atoms with van der Waals surface area (Å²) >= 11 is 0. The van der Waals surface area contributed by atoms with Crippen LogP contribution in [0, 0.1) is 5.92 Å². The first-order chi connectivity index (χ1) is 16.9. The van der Waals surface area contributed by atoms with Gasteiger partial charge in [0.25, 0.3) is 0 Å². The number of nitrogens with one attached hydrogen (secondary N) is 1. The van der Waals surface area contributed by atoms with Crippen LogP contribution in [-0.4, -0.2) is 34.5 Å². The molecule has 0 amide bonds. The largest absolute Gasteiger partial charge is 0.308 e. The van der Waals surface area contributed by atoms with Crippen LogP contribution in [0.1, 0.15) is 53.4 Å². The number of rotatable bonds is 9. The Hall–Kier alpha value is -2.82. The van der Waals surface area contributed by atoms with E-state index in [1.54, 1.807) is 11.1 Å². The minimum Gasteiger partial charge on any atom is -0.308 e. The first kappa shape index (κ1) is 22.9. The monoisotopic (exact) mass is 452 g/mol. The maximum absolute atomic E-state index is 4.86. The molecule has 1 N–H and O–H groups in total. The van der Waals surface area contributed by atoms with Gasteiger partial charge in [0.1, 0.15) is 0 Å². The van der Waals surface area contributed by atoms with Crippen LogP contribution < -0.4 is 5.32 Å². The molecular weight excluding hydrogens is 416 g/mol. The quantitative estimate of drug-likeness (QED) is 0.353. The maximum atomic E-state index is 4.86. The molecule has 4 heteroatoms. The second-order valence-electron chi connectivity index (χ2n) is 9.71. The minimum absolute atomic E-state index is 0.424. The molecule has 0 radical (unpaired) electrons. The molecule has 34 heavy (non-hydrogen) atoms. The molecule has 0 fully saturated rings. The first-order valence-electron chi connectivity index (χ1n) is 12.9. The lowest BCUT2D eigenvalue weighted by molar-refractivity contribution is 0.158. The third-order valence-corrected chi connectivity index (χ3v) is 7.35. The van der Waals surface area contributed by atoms with Crippen LogP contribution in [0.5, 0.6) is 0 Å². The number of fused-ring (bicyclic) bond motifs is 2. The van der Waals surface area contributed by atoms with Crippen LogP contribution in [0.25, 0.3) is 0 Å². The smallest absolute Gasteiger partial charge is 0.0607 e. The van der Waals surface area contributed by atoms with Crippen molar-refractivity contribution in [3.8, 4) is 0 Å². The first-order valence-corrected chi connectivity index (χ1v) is 12.9. The number of aromatic nitrogens is 2. The fourth-order valence-corrected chi connectivity index (χ4v) is 5.61. The molecular formula is C30H36N4. The Balaban J connectivity index is 1.24. The molecule has 4 nitrogen and oxygen atoms in total. The molecule has 2 atom stereocenters. The number of hydrogen-bond acceptors (Lipinski definition) is 4. The summed E-state index contributed by atoms with van der Waals surface area (Å²) in [5, 5.41) is 3.48. The zero-order valence-electron chi connectivity index (χ0n) is 20.1. The molecule has 2 aromatic heterocycles. The van der Waals surface area contributed by atoms with E-state index in [1.165, 1.54) is 43.4 Å². The molecule has 2 heterocycles. The van der Waals surface area contributed by atoms with E-state index in [4.69, 9.17) is 4.98 Å². The molecule has 0 unspecified atom stereocenters. The van der Waals surface area contributed by atoms with E-state index in [-0.39, 0.29) is 0 Å². The molecule has 1 aromatic carbocycles. The van der Waals surface area contributed by atoms with Crippen molar-refractivity contribution < 1.29 is 0 Å². The number of hydrogen-bond donors (Lipinski definition) is 1. The third-order valence-electron chi connectivity index (χ3n) is 7.35. The zero-order valence-corrected chi connectivity index (χ0v) is 20.1. The summed E-state index contributed by atoms with van der Waals surface area (Å²) in [6.45, 7) is 3.78. The van der Waals surface area contributed by atoms with E-state index in [0.29, 0.717) is 12.0 Å². The standard InChI is InChI=1S/C30H36N4/c1-2-10-27-21-24(15-16-25(27)9-1)23-34(29-14-7-11-26-12-8-19-33-30(26)29)20-6-5-17-31-22-28-13-3-4-18-32-28/h1-6,8-10,12-13,18-19,24,29,31H,7,11,14-17,20-23H2/b6-5+/t24-,29+/m1/s1. The van der Waals surface area contributed by atoms with Gasteiger partial charge in [-0.05, 0) is 79.3 Å². The molecule has 0 bridgehead atoms. The Morgan fingerprint density at radius 2 is 1.71 bits per heavy atom. The van der Waals surface area contributed by atoms with Crippen molar-refractivity contribution in [1.29, 1.82) is 0 Å². The molecule has 0 saturated carbocycles. The summed E-state index contributed by atoms with van der Waals surface area (Å²) in [6, 6.07) is 19.9. The van der Waals surface area contributed by atoms with Crippen molar-refractivity contribution in [3.05, 3.63) is 107 Å². The number of benzene rings is 1. The molecule has 3 aromatic rings. The Morgan fingerprint density at radius 3 is 2.62 bits per heavy atom. The highest BCUT2D eigenvalue weighted by molar-refractivity contribution is 5.30. The van der Waals surface area contributed by atoms with Crippen LogP contribution in [0.4, 0.5) is 0 Å². The lowest BCUT2D eigenvalue weighted by atomic mass is 9.83. The Morgan fingerprint density at radius 1 is 0.853 bits per heavy atom. The molecule has 2 aliphatic carbocycles. The van der Waals surface area contributed by atoms with Crippen molar-refractivity contribution in [2.24, 2.45) is 5.92 Å². The average molecular weight is 453 g/mol. The Bertz CT molecular complexity index is 1080. The van der Waals surface area contributed by atoms with Crippen LogP contribution in [0.2, 0.25) is 0 Å². The van der Waals surface area contributed by atoms with Crippen LogP contribution >= 0.6 is 0 Å². The minimum atomic E-state index is 0.424. The van der Waals surface area contributed by atoms with E-state index in [9.17, 15) is 0 Å². The van der Waals surface area contributed by atoms with Gasteiger partial charge in [-0.25, -0.2) is 0 Å². The predicted octanol–water partition coefficient (Wildman–Crippen LogP) is 5.31. The Kier molecular flexibility index (Phi) is 7.79. The summed E-state index contributed by atoms with van der Waals surface area (Å²) in [5.41, 5.74) is 6.94. The molecule has 5 rings (SSSR count). The van der Waals surface area contributed by atoms with Gasteiger partial charge in [-0.3, -0.25) is 14.9 Å².